The molecule has 2 N–H and O–H groups in total. The number of anilines is 1. The molecule has 1 aromatic rings. The molecule has 1 amide bonds. The summed E-state index contributed by atoms with van der Waals surface area (Å²) in [5.74, 6) is -1.25. The Morgan fingerprint density at radius 1 is 1.43 bits per heavy atom. The average Bonchev–Trinajstić information content (AvgIpc) is 2.48. The van der Waals surface area contributed by atoms with E-state index in [4.69, 9.17) is 15.1 Å². The Morgan fingerprint density at radius 2 is 2.14 bits per heavy atom. The predicted octanol–water partition coefficient (Wildman–Crippen LogP) is 0.282. The van der Waals surface area contributed by atoms with Crippen LogP contribution in [0, 0.1) is 11.3 Å². The van der Waals surface area contributed by atoms with Gasteiger partial charge in [0, 0.05) is 18.8 Å². The summed E-state index contributed by atoms with van der Waals surface area (Å²) in [6.07, 6.45) is -0.888. The lowest BCUT2D eigenvalue weighted by atomic mass is 10.2. The van der Waals surface area contributed by atoms with Gasteiger partial charge in [-0.1, -0.05) is 0 Å². The molecule has 7 heteroatoms. The summed E-state index contributed by atoms with van der Waals surface area (Å²) in [6.45, 7) is 1.11. The van der Waals surface area contributed by atoms with Gasteiger partial charge in [-0.05, 0) is 24.3 Å². The zero-order valence-corrected chi connectivity index (χ0v) is 11.3. The molecule has 0 radical (unpaired) electrons. The lowest BCUT2D eigenvalue weighted by Crippen LogP contribution is -2.48. The second-order valence-corrected chi connectivity index (χ2v) is 4.67. The fourth-order valence-corrected chi connectivity index (χ4v) is 2.03. The standard InChI is InChI=1S/C14H15N3O4/c15-7-10-1-3-11(4-2-10)16-13(18)9-17-5-6-21-12(8-17)14(19)20/h1-4,12H,5-6,8-9H2,(H,16,18)(H,19,20). The molecule has 110 valence electrons. The monoisotopic (exact) mass is 289 g/mol. The zero-order valence-electron chi connectivity index (χ0n) is 11.3. The Hall–Kier alpha value is -2.43. The lowest BCUT2D eigenvalue weighted by molar-refractivity contribution is -0.156. The maximum absolute atomic E-state index is 11.9. The third-order valence-electron chi connectivity index (χ3n) is 3.09. The molecular weight excluding hydrogens is 274 g/mol. The van der Waals surface area contributed by atoms with Crippen molar-refractivity contribution in [1.29, 1.82) is 5.26 Å². The first-order chi connectivity index (χ1) is 10.1. The van der Waals surface area contributed by atoms with E-state index in [-0.39, 0.29) is 19.0 Å². The van der Waals surface area contributed by atoms with Crippen LogP contribution in [0.4, 0.5) is 5.69 Å². The van der Waals surface area contributed by atoms with E-state index in [0.29, 0.717) is 24.4 Å². The Bertz CT molecular complexity index is 565. The van der Waals surface area contributed by atoms with E-state index >= 15 is 0 Å². The van der Waals surface area contributed by atoms with Crippen molar-refractivity contribution in [2.45, 2.75) is 6.10 Å². The fourth-order valence-electron chi connectivity index (χ4n) is 2.03. The number of carbonyl (C=O) groups excluding carboxylic acids is 1. The van der Waals surface area contributed by atoms with E-state index in [9.17, 15) is 9.59 Å². The van der Waals surface area contributed by atoms with Crippen molar-refractivity contribution < 1.29 is 19.4 Å². The van der Waals surface area contributed by atoms with Gasteiger partial charge in [-0.3, -0.25) is 9.69 Å². The van der Waals surface area contributed by atoms with Crippen LogP contribution in [0.5, 0.6) is 0 Å². The van der Waals surface area contributed by atoms with Crippen molar-refractivity contribution in [3.8, 4) is 6.07 Å². The Balaban J connectivity index is 1.86. The number of amides is 1. The summed E-state index contributed by atoms with van der Waals surface area (Å²) in [5, 5.41) is 20.3. The third-order valence-corrected chi connectivity index (χ3v) is 3.09. The highest BCUT2D eigenvalue weighted by molar-refractivity contribution is 5.92. The van der Waals surface area contributed by atoms with Crippen molar-refractivity contribution in [2.75, 3.05) is 31.6 Å². The minimum absolute atomic E-state index is 0.104. The summed E-state index contributed by atoms with van der Waals surface area (Å²) in [6, 6.07) is 8.53. The molecule has 0 bridgehead atoms. The number of nitriles is 1. The van der Waals surface area contributed by atoms with Crippen LogP contribution in [-0.4, -0.2) is 54.2 Å². The van der Waals surface area contributed by atoms with E-state index in [2.05, 4.69) is 5.32 Å². The largest absolute Gasteiger partial charge is 0.479 e. The van der Waals surface area contributed by atoms with Crippen molar-refractivity contribution in [3.05, 3.63) is 29.8 Å². The SMILES string of the molecule is N#Cc1ccc(NC(=O)CN2CCOC(C(=O)O)C2)cc1. The van der Waals surface area contributed by atoms with Crippen molar-refractivity contribution >= 4 is 17.6 Å². The number of ether oxygens (including phenoxy) is 1. The highest BCUT2D eigenvalue weighted by atomic mass is 16.5. The molecule has 1 unspecified atom stereocenters. The van der Waals surface area contributed by atoms with Gasteiger partial charge in [0.05, 0.1) is 24.8 Å². The van der Waals surface area contributed by atoms with E-state index in [1.807, 2.05) is 6.07 Å². The lowest BCUT2D eigenvalue weighted by Gasteiger charge is -2.30. The van der Waals surface area contributed by atoms with Gasteiger partial charge in [-0.15, -0.1) is 0 Å². The molecule has 7 nitrogen and oxygen atoms in total. The van der Waals surface area contributed by atoms with Gasteiger partial charge in [0.1, 0.15) is 0 Å². The van der Waals surface area contributed by atoms with Crippen LogP contribution in [0.2, 0.25) is 0 Å². The number of aliphatic carboxylic acids is 1. The summed E-state index contributed by atoms with van der Waals surface area (Å²) in [5.41, 5.74) is 1.12. The molecule has 0 aromatic heterocycles. The molecule has 1 saturated heterocycles. The number of benzene rings is 1. The van der Waals surface area contributed by atoms with Crippen LogP contribution in [-0.2, 0) is 14.3 Å². The molecule has 1 fully saturated rings. The topological polar surface area (TPSA) is 103 Å². The molecule has 0 spiro atoms. The van der Waals surface area contributed by atoms with E-state index in [1.165, 1.54) is 0 Å². The number of carboxylic acids is 1. The first kappa shape index (κ1) is 15.0. The normalized spacial score (nSPS) is 18.7. The number of morpholine rings is 1. The van der Waals surface area contributed by atoms with E-state index in [1.54, 1.807) is 29.2 Å². The molecular formula is C14H15N3O4. The molecule has 0 aliphatic carbocycles. The second-order valence-electron chi connectivity index (χ2n) is 4.67. The zero-order chi connectivity index (χ0) is 15.2. The van der Waals surface area contributed by atoms with Gasteiger partial charge < -0.3 is 15.2 Å². The molecule has 21 heavy (non-hydrogen) atoms. The molecule has 1 aliphatic rings. The van der Waals surface area contributed by atoms with Gasteiger partial charge in [0.2, 0.25) is 5.91 Å². The average molecular weight is 289 g/mol. The highest BCUT2D eigenvalue weighted by Gasteiger charge is 2.27. The van der Waals surface area contributed by atoms with Gasteiger partial charge >= 0.3 is 5.97 Å². The van der Waals surface area contributed by atoms with Crippen molar-refractivity contribution in [2.24, 2.45) is 0 Å². The number of carbonyl (C=O) groups is 2. The summed E-state index contributed by atoms with van der Waals surface area (Å²) in [4.78, 5) is 24.5. The molecule has 1 aromatic carbocycles. The number of rotatable bonds is 4. The van der Waals surface area contributed by atoms with Gasteiger partial charge in [0.15, 0.2) is 6.10 Å². The number of nitrogens with one attached hydrogen (secondary N) is 1. The van der Waals surface area contributed by atoms with Gasteiger partial charge in [-0.25, -0.2) is 4.79 Å². The molecule has 1 aliphatic heterocycles. The van der Waals surface area contributed by atoms with Crippen LogP contribution in [0.3, 0.4) is 0 Å². The van der Waals surface area contributed by atoms with Crippen LogP contribution in [0.1, 0.15) is 5.56 Å². The molecule has 1 heterocycles. The molecule has 0 saturated carbocycles. The number of hydrogen-bond donors (Lipinski definition) is 2. The predicted molar refractivity (Wildman–Crippen MR) is 73.6 cm³/mol. The number of carboxylic acid groups (broad SMARTS) is 1. The smallest absolute Gasteiger partial charge is 0.334 e. The Morgan fingerprint density at radius 3 is 2.76 bits per heavy atom. The number of hydrogen-bond acceptors (Lipinski definition) is 5. The van der Waals surface area contributed by atoms with Crippen LogP contribution < -0.4 is 5.32 Å². The Kier molecular flexibility index (Phi) is 4.87. The minimum atomic E-state index is -1.02. The molecule has 2 rings (SSSR count). The number of nitrogens with zero attached hydrogens (tertiary/aromatic N) is 2. The quantitative estimate of drug-likeness (QED) is 0.825. The van der Waals surface area contributed by atoms with Crippen molar-refractivity contribution in [3.63, 3.8) is 0 Å². The van der Waals surface area contributed by atoms with Crippen LogP contribution in [0.15, 0.2) is 24.3 Å². The first-order valence-corrected chi connectivity index (χ1v) is 6.45. The summed E-state index contributed by atoms with van der Waals surface area (Å²) >= 11 is 0. The van der Waals surface area contributed by atoms with Gasteiger partial charge in [0.25, 0.3) is 0 Å². The second kappa shape index (κ2) is 6.83. The minimum Gasteiger partial charge on any atom is -0.479 e. The maximum atomic E-state index is 11.9. The fraction of sp³-hybridized carbons (Fsp3) is 0.357. The van der Waals surface area contributed by atoms with E-state index < -0.39 is 12.1 Å². The van der Waals surface area contributed by atoms with Gasteiger partial charge in [-0.2, -0.15) is 5.26 Å². The Labute approximate surface area is 121 Å². The van der Waals surface area contributed by atoms with Crippen molar-refractivity contribution in [1.82, 2.24) is 4.90 Å². The molecule has 1 atom stereocenters. The summed E-state index contributed by atoms with van der Waals surface area (Å²) in [7, 11) is 0. The van der Waals surface area contributed by atoms with E-state index in [0.717, 1.165) is 0 Å². The highest BCUT2D eigenvalue weighted by Crippen LogP contribution is 2.10. The summed E-state index contributed by atoms with van der Waals surface area (Å²) < 4.78 is 5.09. The maximum Gasteiger partial charge on any atom is 0.334 e. The van der Waals surface area contributed by atoms with Crippen LogP contribution in [0.25, 0.3) is 0 Å². The van der Waals surface area contributed by atoms with Crippen LogP contribution >= 0.6 is 0 Å². The third kappa shape index (κ3) is 4.27. The first-order valence-electron chi connectivity index (χ1n) is 6.45.